The van der Waals surface area contributed by atoms with Crippen LogP contribution in [0.25, 0.3) is 0 Å². The lowest BCUT2D eigenvalue weighted by Gasteiger charge is -2.16. The lowest BCUT2D eigenvalue weighted by molar-refractivity contribution is -0.150. The van der Waals surface area contributed by atoms with Gasteiger partial charge >= 0.3 is 5.97 Å². The van der Waals surface area contributed by atoms with E-state index in [0.717, 1.165) is 69.8 Å². The highest BCUT2D eigenvalue weighted by Gasteiger charge is 2.19. The quantitative estimate of drug-likeness (QED) is 0.714. The van der Waals surface area contributed by atoms with Crippen LogP contribution in [-0.4, -0.2) is 11.8 Å². The van der Waals surface area contributed by atoms with Gasteiger partial charge in [0.2, 0.25) is 0 Å². The fourth-order valence-corrected chi connectivity index (χ4v) is 3.31. The van der Waals surface area contributed by atoms with E-state index in [0.29, 0.717) is 18.8 Å². The molecule has 0 radical (unpaired) electrons. The molecule has 1 aliphatic rings. The maximum Gasteiger partial charge on any atom is 0.309 e. The lowest BCUT2D eigenvalue weighted by Crippen LogP contribution is -2.18. The number of carbonyl (C=O) groups excluding carboxylic acids is 2. The average molecular weight is 330 g/mol. The fraction of sp³-hybridized carbons (Fsp3) is 0.619. The van der Waals surface area contributed by atoms with E-state index in [9.17, 15) is 9.59 Å². The molecule has 0 saturated heterocycles. The summed E-state index contributed by atoms with van der Waals surface area (Å²) in [5.74, 6) is 0.378. The van der Waals surface area contributed by atoms with Gasteiger partial charge in [-0.1, -0.05) is 62.4 Å². The molecular formula is C21H30O3. The summed E-state index contributed by atoms with van der Waals surface area (Å²) in [5, 5.41) is 0. The molecule has 1 fully saturated rings. The number of benzene rings is 1. The summed E-state index contributed by atoms with van der Waals surface area (Å²) in [5.41, 5.74) is 1.04. The number of hydrogen-bond acceptors (Lipinski definition) is 3. The minimum absolute atomic E-state index is 0.0187. The van der Waals surface area contributed by atoms with Gasteiger partial charge in [-0.15, -0.1) is 0 Å². The molecule has 0 aliphatic heterocycles. The first kappa shape index (κ1) is 18.7. The topological polar surface area (TPSA) is 43.4 Å². The van der Waals surface area contributed by atoms with E-state index in [1.807, 2.05) is 30.3 Å². The second-order valence-corrected chi connectivity index (χ2v) is 6.88. The van der Waals surface area contributed by atoms with Crippen molar-refractivity contribution >= 4 is 11.8 Å². The Morgan fingerprint density at radius 1 is 0.875 bits per heavy atom. The first-order chi connectivity index (χ1) is 11.8. The van der Waals surface area contributed by atoms with Crippen LogP contribution in [-0.2, 0) is 20.9 Å². The molecule has 2 rings (SSSR count). The molecular weight excluding hydrogens is 300 g/mol. The molecule has 1 unspecified atom stereocenters. The minimum atomic E-state index is -0.0511. The SMILES string of the molecule is O=C1CCCCCCC(C(=O)OCc2ccccc2)CCCCC1. The average Bonchev–Trinajstić information content (AvgIpc) is 2.62. The molecule has 0 heterocycles. The van der Waals surface area contributed by atoms with E-state index in [1.165, 1.54) is 0 Å². The van der Waals surface area contributed by atoms with Crippen molar-refractivity contribution in [3.63, 3.8) is 0 Å². The van der Waals surface area contributed by atoms with Gasteiger partial charge in [-0.25, -0.2) is 0 Å². The summed E-state index contributed by atoms with van der Waals surface area (Å²) in [6.45, 7) is 0.366. The second-order valence-electron chi connectivity index (χ2n) is 6.88. The van der Waals surface area contributed by atoms with E-state index >= 15 is 0 Å². The van der Waals surface area contributed by atoms with Gasteiger partial charge in [0, 0.05) is 12.8 Å². The minimum Gasteiger partial charge on any atom is -0.461 e. The smallest absolute Gasteiger partial charge is 0.309 e. The highest BCUT2D eigenvalue weighted by Crippen LogP contribution is 2.22. The Balaban J connectivity index is 1.81. The van der Waals surface area contributed by atoms with Crippen molar-refractivity contribution in [2.24, 2.45) is 5.92 Å². The number of hydrogen-bond donors (Lipinski definition) is 0. The number of ether oxygens (including phenoxy) is 1. The fourth-order valence-electron chi connectivity index (χ4n) is 3.31. The molecule has 3 heteroatoms. The first-order valence-electron chi connectivity index (χ1n) is 9.48. The Morgan fingerprint density at radius 3 is 2.12 bits per heavy atom. The van der Waals surface area contributed by atoms with Crippen molar-refractivity contribution in [3.8, 4) is 0 Å². The maximum absolute atomic E-state index is 12.4. The van der Waals surface area contributed by atoms with Crippen LogP contribution in [0.2, 0.25) is 0 Å². The zero-order valence-electron chi connectivity index (χ0n) is 14.7. The van der Waals surface area contributed by atoms with Crippen LogP contribution in [0.3, 0.4) is 0 Å². The van der Waals surface area contributed by atoms with E-state index < -0.39 is 0 Å². The number of ketones is 1. The van der Waals surface area contributed by atoms with Gasteiger partial charge < -0.3 is 4.74 Å². The summed E-state index contributed by atoms with van der Waals surface area (Å²) in [6, 6.07) is 9.85. The molecule has 24 heavy (non-hydrogen) atoms. The Labute approximate surface area is 145 Å². The predicted octanol–water partition coefficient (Wildman–Crippen LogP) is 5.22. The van der Waals surface area contributed by atoms with Crippen LogP contribution in [0.5, 0.6) is 0 Å². The van der Waals surface area contributed by atoms with Crippen molar-refractivity contribution in [1.29, 1.82) is 0 Å². The Hall–Kier alpha value is -1.64. The number of esters is 1. The van der Waals surface area contributed by atoms with Crippen molar-refractivity contribution in [3.05, 3.63) is 35.9 Å². The van der Waals surface area contributed by atoms with Crippen LogP contribution in [0.15, 0.2) is 30.3 Å². The number of carbonyl (C=O) groups is 2. The predicted molar refractivity (Wildman–Crippen MR) is 95.5 cm³/mol. The van der Waals surface area contributed by atoms with Crippen molar-refractivity contribution in [1.82, 2.24) is 0 Å². The Kier molecular flexibility index (Phi) is 8.58. The third-order valence-electron chi connectivity index (χ3n) is 4.82. The van der Waals surface area contributed by atoms with Gasteiger partial charge in [0.05, 0.1) is 5.92 Å². The first-order valence-corrected chi connectivity index (χ1v) is 9.48. The maximum atomic E-state index is 12.4. The molecule has 0 spiro atoms. The van der Waals surface area contributed by atoms with E-state index in [4.69, 9.17) is 4.74 Å². The van der Waals surface area contributed by atoms with Gasteiger partial charge in [0.25, 0.3) is 0 Å². The van der Waals surface area contributed by atoms with Crippen LogP contribution in [0, 0.1) is 5.92 Å². The highest BCUT2D eigenvalue weighted by atomic mass is 16.5. The Morgan fingerprint density at radius 2 is 1.46 bits per heavy atom. The van der Waals surface area contributed by atoms with E-state index in [2.05, 4.69) is 0 Å². The molecule has 0 aromatic heterocycles. The van der Waals surface area contributed by atoms with Gasteiger partial charge in [-0.3, -0.25) is 9.59 Å². The molecule has 1 aromatic rings. The molecule has 0 bridgehead atoms. The number of Topliss-reactive ketones (excluding diaryl/α,β-unsaturated/α-hetero) is 1. The zero-order chi connectivity index (χ0) is 17.0. The highest BCUT2D eigenvalue weighted by molar-refractivity contribution is 5.78. The third-order valence-corrected chi connectivity index (χ3v) is 4.82. The standard InChI is InChI=1S/C21H30O3/c22-20-15-9-2-1-7-13-19(14-8-4-10-16-20)21(23)24-17-18-11-5-3-6-12-18/h3,5-6,11-12,19H,1-2,4,7-10,13-17H2. The molecule has 1 atom stereocenters. The van der Waals surface area contributed by atoms with Crippen LogP contribution in [0.1, 0.15) is 76.2 Å². The van der Waals surface area contributed by atoms with Gasteiger partial charge in [-0.05, 0) is 31.2 Å². The second kappa shape index (κ2) is 11.0. The molecule has 3 nitrogen and oxygen atoms in total. The summed E-state index contributed by atoms with van der Waals surface area (Å²) < 4.78 is 5.54. The normalized spacial score (nSPS) is 21.2. The monoisotopic (exact) mass is 330 g/mol. The van der Waals surface area contributed by atoms with Gasteiger partial charge in [0.15, 0.2) is 0 Å². The van der Waals surface area contributed by atoms with Crippen molar-refractivity contribution in [2.75, 3.05) is 0 Å². The van der Waals surface area contributed by atoms with Crippen LogP contribution >= 0.6 is 0 Å². The summed E-state index contributed by atoms with van der Waals surface area (Å²) in [7, 11) is 0. The number of rotatable bonds is 3. The van der Waals surface area contributed by atoms with Crippen LogP contribution in [0.4, 0.5) is 0 Å². The van der Waals surface area contributed by atoms with Crippen LogP contribution < -0.4 is 0 Å². The molecule has 1 saturated carbocycles. The summed E-state index contributed by atoms with van der Waals surface area (Å²) in [6.07, 6.45) is 10.5. The summed E-state index contributed by atoms with van der Waals surface area (Å²) in [4.78, 5) is 24.1. The van der Waals surface area contributed by atoms with Crippen molar-refractivity contribution < 1.29 is 14.3 Å². The van der Waals surface area contributed by atoms with Crippen molar-refractivity contribution in [2.45, 2.75) is 77.2 Å². The molecule has 132 valence electrons. The largest absolute Gasteiger partial charge is 0.461 e. The Bertz CT molecular complexity index is 495. The van der Waals surface area contributed by atoms with Gasteiger partial charge in [-0.2, -0.15) is 0 Å². The van der Waals surface area contributed by atoms with E-state index in [1.54, 1.807) is 0 Å². The van der Waals surface area contributed by atoms with Gasteiger partial charge in [0.1, 0.15) is 12.4 Å². The zero-order valence-corrected chi connectivity index (χ0v) is 14.7. The molecule has 0 N–H and O–H groups in total. The third kappa shape index (κ3) is 7.29. The lowest BCUT2D eigenvalue weighted by atomic mass is 9.95. The molecule has 1 aliphatic carbocycles. The molecule has 0 amide bonds. The summed E-state index contributed by atoms with van der Waals surface area (Å²) >= 11 is 0. The molecule has 1 aromatic carbocycles. The van der Waals surface area contributed by atoms with E-state index in [-0.39, 0.29) is 11.9 Å².